The summed E-state index contributed by atoms with van der Waals surface area (Å²) in [6.07, 6.45) is 0.708. The molecule has 0 fully saturated rings. The number of methoxy groups -OCH3 is 2. The Hall–Kier alpha value is -3.76. The third-order valence-electron chi connectivity index (χ3n) is 6.68. The van der Waals surface area contributed by atoms with Gasteiger partial charge >= 0.3 is 0 Å². The molecule has 41 heavy (non-hydrogen) atoms. The molecule has 0 aliphatic heterocycles. The van der Waals surface area contributed by atoms with Crippen LogP contribution in [-0.2, 0) is 26.2 Å². The summed E-state index contributed by atoms with van der Waals surface area (Å²) >= 11 is 6.20. The van der Waals surface area contributed by atoms with Crippen LogP contribution in [0.15, 0.2) is 77.7 Å². The van der Waals surface area contributed by atoms with Crippen LogP contribution < -0.4 is 19.1 Å². The van der Waals surface area contributed by atoms with Gasteiger partial charge in [0.05, 0.1) is 24.8 Å². The monoisotopic (exact) mass is 601 g/mol. The van der Waals surface area contributed by atoms with Gasteiger partial charge in [-0.1, -0.05) is 48.9 Å². The first-order chi connectivity index (χ1) is 19.5. The lowest BCUT2D eigenvalue weighted by Crippen LogP contribution is -2.52. The zero-order valence-corrected chi connectivity index (χ0v) is 25.4. The number of nitrogens with one attached hydrogen (secondary N) is 1. The predicted molar refractivity (Wildman–Crippen MR) is 160 cm³/mol. The Balaban J connectivity index is 2.10. The smallest absolute Gasteiger partial charge is 0.264 e. The number of ether oxygens (including phenoxy) is 2. The van der Waals surface area contributed by atoms with Crippen molar-refractivity contribution < 1.29 is 27.5 Å². The zero-order chi connectivity index (χ0) is 30.2. The maximum atomic E-state index is 14.1. The number of benzene rings is 3. The fourth-order valence-electron chi connectivity index (χ4n) is 4.10. The molecule has 9 nitrogen and oxygen atoms in total. The summed E-state index contributed by atoms with van der Waals surface area (Å²) < 4.78 is 39.8. The van der Waals surface area contributed by atoms with E-state index >= 15 is 0 Å². The van der Waals surface area contributed by atoms with Crippen molar-refractivity contribution in [2.45, 2.75) is 50.7 Å². The van der Waals surface area contributed by atoms with E-state index < -0.39 is 28.5 Å². The largest absolute Gasteiger partial charge is 0.497 e. The average Bonchev–Trinajstić information content (AvgIpc) is 2.98. The molecule has 0 aromatic heterocycles. The highest BCUT2D eigenvalue weighted by Gasteiger charge is 2.34. The molecule has 0 radical (unpaired) electrons. The zero-order valence-electron chi connectivity index (χ0n) is 23.8. The van der Waals surface area contributed by atoms with Crippen LogP contribution in [0.3, 0.4) is 0 Å². The maximum absolute atomic E-state index is 14.1. The van der Waals surface area contributed by atoms with Gasteiger partial charge in [0, 0.05) is 23.7 Å². The molecule has 0 saturated carbocycles. The number of hydrogen-bond acceptors (Lipinski definition) is 6. The Bertz CT molecular complexity index is 1450. The number of rotatable bonds is 13. The lowest BCUT2D eigenvalue weighted by molar-refractivity contribution is -0.139. The molecule has 0 spiro atoms. The Morgan fingerprint density at radius 2 is 1.66 bits per heavy atom. The molecule has 3 aromatic carbocycles. The molecule has 3 aromatic rings. The van der Waals surface area contributed by atoms with E-state index in [2.05, 4.69) is 5.32 Å². The van der Waals surface area contributed by atoms with Gasteiger partial charge in [-0.15, -0.1) is 0 Å². The molecule has 0 aliphatic carbocycles. The molecule has 0 heterocycles. The van der Waals surface area contributed by atoms with E-state index in [9.17, 15) is 18.0 Å². The van der Waals surface area contributed by atoms with Gasteiger partial charge in [0.1, 0.15) is 24.1 Å². The fraction of sp³-hybridized carbons (Fsp3) is 0.333. The van der Waals surface area contributed by atoms with Crippen LogP contribution in [0, 0.1) is 0 Å². The summed E-state index contributed by atoms with van der Waals surface area (Å²) in [5, 5.41) is 3.38. The Labute approximate surface area is 247 Å². The molecule has 0 unspecified atom stereocenters. The second-order valence-corrected chi connectivity index (χ2v) is 11.8. The van der Waals surface area contributed by atoms with Crippen LogP contribution in [0.2, 0.25) is 5.02 Å². The number of amides is 2. The van der Waals surface area contributed by atoms with Gasteiger partial charge in [0.15, 0.2) is 0 Å². The van der Waals surface area contributed by atoms with Crippen molar-refractivity contribution in [3.05, 3.63) is 83.4 Å². The van der Waals surface area contributed by atoms with Gasteiger partial charge in [-0.3, -0.25) is 13.9 Å². The molecule has 2 amide bonds. The molecule has 0 bridgehead atoms. The number of nitrogens with zero attached hydrogens (tertiary/aromatic N) is 2. The first-order valence-corrected chi connectivity index (χ1v) is 15.0. The topological polar surface area (TPSA) is 105 Å². The van der Waals surface area contributed by atoms with Gasteiger partial charge in [-0.05, 0) is 62.2 Å². The van der Waals surface area contributed by atoms with E-state index in [1.165, 1.54) is 37.3 Å². The highest BCUT2D eigenvalue weighted by Crippen LogP contribution is 2.36. The Kier molecular flexibility index (Phi) is 11.0. The summed E-state index contributed by atoms with van der Waals surface area (Å²) in [4.78, 5) is 28.6. The van der Waals surface area contributed by atoms with Gasteiger partial charge in [0.2, 0.25) is 11.8 Å². The number of halogens is 1. The second-order valence-electron chi connectivity index (χ2n) is 9.51. The fourth-order valence-corrected chi connectivity index (χ4v) is 5.76. The number of carbonyl (C=O) groups is 2. The number of anilines is 1. The van der Waals surface area contributed by atoms with E-state index in [4.69, 9.17) is 21.1 Å². The van der Waals surface area contributed by atoms with Crippen LogP contribution in [-0.4, -0.2) is 58.0 Å². The highest BCUT2D eigenvalue weighted by molar-refractivity contribution is 7.92. The quantitative estimate of drug-likeness (QED) is 0.299. The lowest BCUT2D eigenvalue weighted by atomic mass is 10.1. The highest BCUT2D eigenvalue weighted by atomic mass is 35.5. The van der Waals surface area contributed by atoms with Crippen molar-refractivity contribution in [3.63, 3.8) is 0 Å². The Morgan fingerprint density at radius 3 is 2.27 bits per heavy atom. The molecule has 1 N–H and O–H groups in total. The van der Waals surface area contributed by atoms with Crippen molar-refractivity contribution in [1.82, 2.24) is 10.2 Å². The van der Waals surface area contributed by atoms with Crippen molar-refractivity contribution >= 4 is 39.1 Å². The summed E-state index contributed by atoms with van der Waals surface area (Å²) in [5.74, 6) is -0.354. The summed E-state index contributed by atoms with van der Waals surface area (Å²) in [6, 6.07) is 18.4. The standard InChI is InChI=1S/C30H36ClN3O6S/c1-6-21(2)32-30(36)22(3)33(19-23-11-10-12-24(31)17-23)29(35)20-34(41(37,38)26-13-8-7-9-14-26)27-18-25(39-4)15-16-28(27)40-5/h7-18,21-22H,6,19-20H2,1-5H3,(H,32,36)/t21-,22+/m0/s1. The summed E-state index contributed by atoms with van der Waals surface area (Å²) in [7, 11) is -1.39. The SMILES string of the molecule is CC[C@H](C)NC(=O)[C@@H](C)N(Cc1cccc(Cl)c1)C(=O)CN(c1cc(OC)ccc1OC)S(=O)(=O)c1ccccc1. The number of sulfonamides is 1. The molecular weight excluding hydrogens is 566 g/mol. The van der Waals surface area contributed by atoms with E-state index in [-0.39, 0.29) is 34.8 Å². The first kappa shape index (κ1) is 31.8. The van der Waals surface area contributed by atoms with Crippen molar-refractivity contribution in [2.24, 2.45) is 0 Å². The van der Waals surface area contributed by atoms with E-state index in [1.807, 2.05) is 13.8 Å². The Morgan fingerprint density at radius 1 is 0.951 bits per heavy atom. The van der Waals surface area contributed by atoms with Crippen LogP contribution in [0.4, 0.5) is 5.69 Å². The van der Waals surface area contributed by atoms with Gasteiger partial charge in [0.25, 0.3) is 10.0 Å². The van der Waals surface area contributed by atoms with Gasteiger partial charge in [-0.2, -0.15) is 0 Å². The maximum Gasteiger partial charge on any atom is 0.264 e. The number of carbonyl (C=O) groups excluding carboxylic acids is 2. The number of hydrogen-bond donors (Lipinski definition) is 1. The minimum atomic E-state index is -4.26. The van der Waals surface area contributed by atoms with E-state index in [1.54, 1.807) is 61.5 Å². The van der Waals surface area contributed by atoms with Crippen LogP contribution in [0.25, 0.3) is 0 Å². The average molecular weight is 602 g/mol. The molecule has 220 valence electrons. The van der Waals surface area contributed by atoms with Crippen LogP contribution in [0.1, 0.15) is 32.8 Å². The molecule has 0 aliphatic rings. The minimum Gasteiger partial charge on any atom is -0.497 e. The molecule has 0 saturated heterocycles. The van der Waals surface area contributed by atoms with Crippen LogP contribution in [0.5, 0.6) is 11.5 Å². The van der Waals surface area contributed by atoms with Crippen molar-refractivity contribution in [1.29, 1.82) is 0 Å². The predicted octanol–water partition coefficient (Wildman–Crippen LogP) is 4.88. The van der Waals surface area contributed by atoms with E-state index in [0.29, 0.717) is 22.8 Å². The lowest BCUT2D eigenvalue weighted by Gasteiger charge is -2.33. The molecule has 2 atom stereocenters. The normalized spacial score (nSPS) is 12.6. The minimum absolute atomic E-state index is 0.0124. The van der Waals surface area contributed by atoms with Crippen molar-refractivity contribution in [3.8, 4) is 11.5 Å². The molecule has 3 rings (SSSR count). The van der Waals surface area contributed by atoms with Gasteiger partial charge in [-0.25, -0.2) is 8.42 Å². The van der Waals surface area contributed by atoms with Gasteiger partial charge < -0.3 is 19.7 Å². The summed E-state index contributed by atoms with van der Waals surface area (Å²) in [6.45, 7) is 4.85. The van der Waals surface area contributed by atoms with E-state index in [0.717, 1.165) is 4.31 Å². The third kappa shape index (κ3) is 7.92. The third-order valence-corrected chi connectivity index (χ3v) is 8.68. The molecular formula is C30H36ClN3O6S. The second kappa shape index (κ2) is 14.2. The first-order valence-electron chi connectivity index (χ1n) is 13.2. The van der Waals surface area contributed by atoms with Crippen LogP contribution >= 0.6 is 11.6 Å². The van der Waals surface area contributed by atoms with Crippen molar-refractivity contribution in [2.75, 3.05) is 25.1 Å². The molecule has 11 heteroatoms. The summed E-state index contributed by atoms with van der Waals surface area (Å²) in [5.41, 5.74) is 0.800.